The van der Waals surface area contributed by atoms with E-state index in [2.05, 4.69) is 27.7 Å². The van der Waals surface area contributed by atoms with Crippen LogP contribution in [0.1, 0.15) is 41.6 Å². The molecule has 2 aliphatic heterocycles. The summed E-state index contributed by atoms with van der Waals surface area (Å²) < 4.78 is 0. The van der Waals surface area contributed by atoms with Crippen LogP contribution in [0.15, 0.2) is 48.5 Å². The lowest BCUT2D eigenvalue weighted by Gasteiger charge is -2.39. The molecule has 0 radical (unpaired) electrons. The number of nitrogens with zero attached hydrogens (tertiary/aromatic N) is 1. The first-order valence-corrected chi connectivity index (χ1v) is 10.7. The number of nitrogens with one attached hydrogen (secondary N) is 2. The molecule has 2 amide bonds. The highest BCUT2D eigenvalue weighted by Crippen LogP contribution is 2.37. The number of piperidine rings is 1. The van der Waals surface area contributed by atoms with E-state index in [0.717, 1.165) is 37.3 Å². The van der Waals surface area contributed by atoms with Gasteiger partial charge < -0.3 is 15.7 Å². The number of hydrogen-bond donors (Lipinski definition) is 3. The maximum absolute atomic E-state index is 12.4. The van der Waals surface area contributed by atoms with Gasteiger partial charge in [0.05, 0.1) is 12.1 Å². The largest absolute Gasteiger partial charge is 0.507 e. The number of aromatic hydroxyl groups is 1. The Morgan fingerprint density at radius 3 is 2.37 bits per heavy atom. The Bertz CT molecular complexity index is 904. The zero-order chi connectivity index (χ0) is 21.1. The number of phenolic OH excluding ortho intramolecular Hbond substituents is 1. The highest BCUT2D eigenvalue weighted by molar-refractivity contribution is 6.30. The molecule has 0 aliphatic carbocycles. The first kappa shape index (κ1) is 20.7. The van der Waals surface area contributed by atoms with Crippen LogP contribution in [0.5, 0.6) is 5.75 Å². The van der Waals surface area contributed by atoms with Crippen molar-refractivity contribution in [3.8, 4) is 5.75 Å². The molecule has 0 unspecified atom stereocenters. The monoisotopic (exact) mass is 427 g/mol. The van der Waals surface area contributed by atoms with Crippen molar-refractivity contribution in [1.29, 1.82) is 0 Å². The molecule has 2 saturated heterocycles. The maximum Gasteiger partial charge on any atom is 0.255 e. The molecule has 0 aromatic heterocycles. The Kier molecular flexibility index (Phi) is 6.25. The van der Waals surface area contributed by atoms with Crippen molar-refractivity contribution in [2.24, 2.45) is 0 Å². The van der Waals surface area contributed by atoms with Gasteiger partial charge in [-0.25, -0.2) is 0 Å². The van der Waals surface area contributed by atoms with Gasteiger partial charge in [-0.1, -0.05) is 35.9 Å². The highest BCUT2D eigenvalue weighted by atomic mass is 35.5. The Hall–Kier alpha value is -2.57. The topological polar surface area (TPSA) is 81.7 Å². The average Bonchev–Trinajstić information content (AvgIpc) is 2.96. The number of carbonyl (C=O) groups excluding carboxylic acids is 2. The second kappa shape index (κ2) is 9.06. The van der Waals surface area contributed by atoms with Crippen molar-refractivity contribution in [2.45, 2.75) is 50.4 Å². The fraction of sp³-hybridized carbons (Fsp3) is 0.391. The molecule has 2 aliphatic rings. The van der Waals surface area contributed by atoms with Gasteiger partial charge in [-0.15, -0.1) is 0 Å². The third-order valence-corrected chi connectivity index (χ3v) is 6.34. The van der Waals surface area contributed by atoms with Gasteiger partial charge in [0.15, 0.2) is 0 Å². The standard InChI is InChI=1S/C23H26ClN3O3/c24-16-7-5-15(6-8-16)14-27-18-9-10-19(27)12-17(11-18)26-22(29)13-25-23(30)20-3-1-2-4-21(20)28/h1-8,17-19,28H,9-14H2,(H,25,30)(H,26,29)/t18-,19-/m1/s1. The minimum atomic E-state index is -0.457. The van der Waals surface area contributed by atoms with Crippen LogP contribution in [-0.4, -0.2) is 46.5 Å². The number of amides is 2. The zero-order valence-corrected chi connectivity index (χ0v) is 17.4. The molecule has 0 saturated carbocycles. The summed E-state index contributed by atoms with van der Waals surface area (Å²) in [5, 5.41) is 16.1. The summed E-state index contributed by atoms with van der Waals surface area (Å²) in [6.07, 6.45) is 4.13. The second-order valence-corrected chi connectivity index (χ2v) is 8.56. The molecule has 0 spiro atoms. The predicted molar refractivity (Wildman–Crippen MR) is 115 cm³/mol. The number of hydrogen-bond acceptors (Lipinski definition) is 4. The fourth-order valence-electron chi connectivity index (χ4n) is 4.65. The third kappa shape index (κ3) is 4.77. The summed E-state index contributed by atoms with van der Waals surface area (Å²) in [6, 6.07) is 15.3. The number of halogens is 1. The van der Waals surface area contributed by atoms with Gasteiger partial charge in [0.1, 0.15) is 5.75 Å². The van der Waals surface area contributed by atoms with Crippen molar-refractivity contribution >= 4 is 23.4 Å². The maximum atomic E-state index is 12.4. The molecule has 6 nitrogen and oxygen atoms in total. The number of phenols is 1. The Labute approximate surface area is 181 Å². The predicted octanol–water partition coefficient (Wildman–Crippen LogP) is 3.09. The summed E-state index contributed by atoms with van der Waals surface area (Å²) in [5.74, 6) is -0.754. The zero-order valence-electron chi connectivity index (χ0n) is 16.7. The van der Waals surface area contributed by atoms with Crippen LogP contribution in [-0.2, 0) is 11.3 Å². The van der Waals surface area contributed by atoms with E-state index in [1.807, 2.05) is 12.1 Å². The van der Waals surface area contributed by atoms with Crippen molar-refractivity contribution in [3.63, 3.8) is 0 Å². The Balaban J connectivity index is 1.26. The summed E-state index contributed by atoms with van der Waals surface area (Å²) in [7, 11) is 0. The Morgan fingerprint density at radius 2 is 1.70 bits per heavy atom. The van der Waals surface area contributed by atoms with Crippen LogP contribution in [0.2, 0.25) is 5.02 Å². The smallest absolute Gasteiger partial charge is 0.255 e. The molecule has 2 aromatic carbocycles. The van der Waals surface area contributed by atoms with Crippen LogP contribution in [0.4, 0.5) is 0 Å². The molecule has 2 heterocycles. The lowest BCUT2D eigenvalue weighted by atomic mass is 9.96. The lowest BCUT2D eigenvalue weighted by molar-refractivity contribution is -0.121. The van der Waals surface area contributed by atoms with Gasteiger partial charge in [0.25, 0.3) is 5.91 Å². The van der Waals surface area contributed by atoms with Crippen molar-refractivity contribution < 1.29 is 14.7 Å². The van der Waals surface area contributed by atoms with Gasteiger partial charge in [0.2, 0.25) is 5.91 Å². The summed E-state index contributed by atoms with van der Waals surface area (Å²) in [4.78, 5) is 27.1. The molecule has 2 bridgehead atoms. The van der Waals surface area contributed by atoms with Crippen molar-refractivity contribution in [3.05, 3.63) is 64.7 Å². The first-order valence-electron chi connectivity index (χ1n) is 10.4. The van der Waals surface area contributed by atoms with Crippen LogP contribution in [0.3, 0.4) is 0 Å². The first-order chi connectivity index (χ1) is 14.5. The van der Waals surface area contributed by atoms with Crippen LogP contribution < -0.4 is 10.6 Å². The number of carbonyl (C=O) groups is 2. The van der Waals surface area contributed by atoms with E-state index in [1.165, 1.54) is 17.7 Å². The van der Waals surface area contributed by atoms with Gasteiger partial charge in [-0.05, 0) is 55.5 Å². The molecule has 3 N–H and O–H groups in total. The number of rotatable bonds is 6. The van der Waals surface area contributed by atoms with E-state index in [9.17, 15) is 14.7 Å². The highest BCUT2D eigenvalue weighted by Gasteiger charge is 2.40. The molecule has 2 fully saturated rings. The third-order valence-electron chi connectivity index (χ3n) is 6.09. The molecule has 7 heteroatoms. The van der Waals surface area contributed by atoms with E-state index in [4.69, 9.17) is 11.6 Å². The van der Waals surface area contributed by atoms with Gasteiger partial charge >= 0.3 is 0 Å². The van der Waals surface area contributed by atoms with Crippen LogP contribution in [0, 0.1) is 0 Å². The molecule has 30 heavy (non-hydrogen) atoms. The molecule has 2 atom stereocenters. The quantitative estimate of drug-likeness (QED) is 0.661. The van der Waals surface area contributed by atoms with Gasteiger partial charge in [-0.2, -0.15) is 0 Å². The van der Waals surface area contributed by atoms with E-state index < -0.39 is 5.91 Å². The molecule has 4 rings (SSSR count). The van der Waals surface area contributed by atoms with Gasteiger partial charge in [-0.3, -0.25) is 14.5 Å². The van der Waals surface area contributed by atoms with Crippen molar-refractivity contribution in [2.75, 3.05) is 6.54 Å². The minimum Gasteiger partial charge on any atom is -0.507 e. The molecule has 158 valence electrons. The van der Waals surface area contributed by atoms with E-state index >= 15 is 0 Å². The van der Waals surface area contributed by atoms with E-state index in [-0.39, 0.29) is 29.8 Å². The van der Waals surface area contributed by atoms with Gasteiger partial charge in [0, 0.05) is 29.7 Å². The van der Waals surface area contributed by atoms with Crippen molar-refractivity contribution in [1.82, 2.24) is 15.5 Å². The minimum absolute atomic E-state index is 0.0972. The normalized spacial score (nSPS) is 23.2. The summed E-state index contributed by atoms with van der Waals surface area (Å²) in [5.41, 5.74) is 1.42. The Morgan fingerprint density at radius 1 is 1.03 bits per heavy atom. The SMILES string of the molecule is O=C(CNC(=O)c1ccccc1O)NC1C[C@H]2CC[C@H](C1)N2Cc1ccc(Cl)cc1. The fourth-order valence-corrected chi connectivity index (χ4v) is 4.78. The summed E-state index contributed by atoms with van der Waals surface area (Å²) in [6.45, 7) is 0.803. The molecular weight excluding hydrogens is 402 g/mol. The second-order valence-electron chi connectivity index (χ2n) is 8.12. The summed E-state index contributed by atoms with van der Waals surface area (Å²) >= 11 is 5.99. The number of benzene rings is 2. The molecule has 2 aromatic rings. The number of para-hydroxylation sites is 1. The van der Waals surface area contributed by atoms with Crippen LogP contribution in [0.25, 0.3) is 0 Å². The number of fused-ring (bicyclic) bond motifs is 2. The molecular formula is C23H26ClN3O3. The average molecular weight is 428 g/mol. The van der Waals surface area contributed by atoms with E-state index in [0.29, 0.717) is 12.1 Å². The van der Waals surface area contributed by atoms with Crippen LogP contribution >= 0.6 is 11.6 Å². The van der Waals surface area contributed by atoms with E-state index in [1.54, 1.807) is 12.1 Å². The lowest BCUT2D eigenvalue weighted by Crippen LogP contribution is -2.51.